The van der Waals surface area contributed by atoms with Crippen molar-refractivity contribution in [2.75, 3.05) is 5.32 Å². The standard InChI is InChI=1S/C23H19BrN2O2/c1-16-7-5-6-10-20(16)25-23(28)21(15-17-11-13-19(24)14-12-17)26-22(27)18-8-3-2-4-9-18/h2-15H,1H3,(H,25,28)(H,26,27)/b21-15-. The van der Waals surface area contributed by atoms with Crippen LogP contribution in [-0.2, 0) is 4.79 Å². The molecular formula is C23H19BrN2O2. The molecule has 0 spiro atoms. The Kier molecular flexibility index (Phi) is 6.40. The zero-order valence-electron chi connectivity index (χ0n) is 15.3. The number of hydrogen-bond donors (Lipinski definition) is 2. The van der Waals surface area contributed by atoms with Crippen LogP contribution in [0.3, 0.4) is 0 Å². The second-order valence-electron chi connectivity index (χ2n) is 6.20. The van der Waals surface area contributed by atoms with Crippen molar-refractivity contribution in [2.45, 2.75) is 6.92 Å². The number of anilines is 1. The maximum absolute atomic E-state index is 12.9. The summed E-state index contributed by atoms with van der Waals surface area (Å²) in [6.45, 7) is 1.91. The van der Waals surface area contributed by atoms with Crippen LogP contribution in [0.2, 0.25) is 0 Å². The summed E-state index contributed by atoms with van der Waals surface area (Å²) >= 11 is 3.39. The minimum absolute atomic E-state index is 0.166. The number of rotatable bonds is 5. The van der Waals surface area contributed by atoms with Gasteiger partial charge >= 0.3 is 0 Å². The molecule has 0 aliphatic carbocycles. The largest absolute Gasteiger partial charge is 0.320 e. The molecule has 0 aliphatic rings. The smallest absolute Gasteiger partial charge is 0.272 e. The summed E-state index contributed by atoms with van der Waals surface area (Å²) in [5, 5.41) is 5.60. The highest BCUT2D eigenvalue weighted by atomic mass is 79.9. The highest BCUT2D eigenvalue weighted by Gasteiger charge is 2.15. The Balaban J connectivity index is 1.89. The van der Waals surface area contributed by atoms with E-state index in [0.717, 1.165) is 15.6 Å². The zero-order chi connectivity index (χ0) is 19.9. The van der Waals surface area contributed by atoms with Gasteiger partial charge in [0.25, 0.3) is 11.8 Å². The molecule has 4 nitrogen and oxygen atoms in total. The van der Waals surface area contributed by atoms with Crippen LogP contribution in [0.5, 0.6) is 0 Å². The van der Waals surface area contributed by atoms with Crippen LogP contribution in [0, 0.1) is 6.92 Å². The second-order valence-corrected chi connectivity index (χ2v) is 7.11. The van der Waals surface area contributed by atoms with Crippen LogP contribution in [0.25, 0.3) is 6.08 Å². The number of carbonyl (C=O) groups is 2. The van der Waals surface area contributed by atoms with Crippen molar-refractivity contribution in [3.05, 3.63) is 106 Å². The van der Waals surface area contributed by atoms with Crippen molar-refractivity contribution in [1.82, 2.24) is 5.32 Å². The van der Waals surface area contributed by atoms with Gasteiger partial charge in [-0.25, -0.2) is 0 Å². The van der Waals surface area contributed by atoms with Crippen molar-refractivity contribution in [3.63, 3.8) is 0 Å². The fraction of sp³-hybridized carbons (Fsp3) is 0.0435. The van der Waals surface area contributed by atoms with Crippen molar-refractivity contribution in [2.24, 2.45) is 0 Å². The molecule has 3 aromatic rings. The van der Waals surface area contributed by atoms with Gasteiger partial charge in [0.15, 0.2) is 0 Å². The number of aryl methyl sites for hydroxylation is 1. The molecule has 28 heavy (non-hydrogen) atoms. The average molecular weight is 435 g/mol. The SMILES string of the molecule is Cc1ccccc1NC(=O)/C(=C/c1ccc(Br)cc1)NC(=O)c1ccccc1. The molecule has 0 aromatic heterocycles. The molecule has 140 valence electrons. The first kappa shape index (κ1) is 19.6. The number of halogens is 1. The number of hydrogen-bond acceptors (Lipinski definition) is 2. The molecule has 0 saturated heterocycles. The summed E-state index contributed by atoms with van der Waals surface area (Å²) in [7, 11) is 0. The van der Waals surface area contributed by atoms with E-state index in [0.29, 0.717) is 11.3 Å². The van der Waals surface area contributed by atoms with E-state index >= 15 is 0 Å². The first-order chi connectivity index (χ1) is 13.5. The average Bonchev–Trinajstić information content (AvgIpc) is 2.71. The van der Waals surface area contributed by atoms with Gasteiger partial charge in [0.2, 0.25) is 0 Å². The molecule has 5 heteroatoms. The monoisotopic (exact) mass is 434 g/mol. The summed E-state index contributed by atoms with van der Waals surface area (Å²) in [5.74, 6) is -0.731. The van der Waals surface area contributed by atoms with E-state index in [1.165, 1.54) is 0 Å². The fourth-order valence-corrected chi connectivity index (χ4v) is 2.84. The van der Waals surface area contributed by atoms with E-state index in [9.17, 15) is 9.59 Å². The minimum atomic E-state index is -0.388. The number of benzene rings is 3. The summed E-state index contributed by atoms with van der Waals surface area (Å²) in [6.07, 6.45) is 1.65. The Morgan fingerprint density at radius 2 is 1.50 bits per heavy atom. The van der Waals surface area contributed by atoms with E-state index in [-0.39, 0.29) is 17.5 Å². The van der Waals surface area contributed by atoms with E-state index in [1.54, 1.807) is 30.3 Å². The molecule has 2 N–H and O–H groups in total. The topological polar surface area (TPSA) is 58.2 Å². The van der Waals surface area contributed by atoms with E-state index < -0.39 is 0 Å². The minimum Gasteiger partial charge on any atom is -0.320 e. The maximum Gasteiger partial charge on any atom is 0.272 e. The van der Waals surface area contributed by atoms with Gasteiger partial charge in [-0.1, -0.05) is 64.5 Å². The lowest BCUT2D eigenvalue weighted by Gasteiger charge is -2.13. The number of nitrogens with one attached hydrogen (secondary N) is 2. The van der Waals surface area contributed by atoms with Crippen LogP contribution in [0.4, 0.5) is 5.69 Å². The lowest BCUT2D eigenvalue weighted by atomic mass is 10.1. The molecule has 0 saturated carbocycles. The van der Waals surface area contributed by atoms with Crippen molar-refractivity contribution in [1.29, 1.82) is 0 Å². The first-order valence-electron chi connectivity index (χ1n) is 8.73. The van der Waals surface area contributed by atoms with Gasteiger partial charge in [0.1, 0.15) is 5.70 Å². The number of amides is 2. The van der Waals surface area contributed by atoms with Crippen LogP contribution in [-0.4, -0.2) is 11.8 Å². The quantitative estimate of drug-likeness (QED) is 0.544. The zero-order valence-corrected chi connectivity index (χ0v) is 16.9. The van der Waals surface area contributed by atoms with Gasteiger partial charge in [0, 0.05) is 15.7 Å². The Hall–Kier alpha value is -3.18. The van der Waals surface area contributed by atoms with Crippen molar-refractivity contribution in [3.8, 4) is 0 Å². The van der Waals surface area contributed by atoms with Gasteiger partial charge in [-0.3, -0.25) is 9.59 Å². The normalized spacial score (nSPS) is 11.0. The maximum atomic E-state index is 12.9. The Labute approximate surface area is 172 Å². The third kappa shape index (κ3) is 5.18. The lowest BCUT2D eigenvalue weighted by molar-refractivity contribution is -0.113. The predicted octanol–water partition coefficient (Wildman–Crippen LogP) is 5.17. The van der Waals surface area contributed by atoms with Crippen LogP contribution >= 0.6 is 15.9 Å². The molecule has 2 amide bonds. The summed E-state index contributed by atoms with van der Waals surface area (Å²) in [6, 6.07) is 23.8. The third-order valence-corrected chi connectivity index (χ3v) is 4.63. The number of carbonyl (C=O) groups excluding carboxylic acids is 2. The molecule has 0 aliphatic heterocycles. The summed E-state index contributed by atoms with van der Waals surface area (Å²) in [5.41, 5.74) is 3.08. The Morgan fingerprint density at radius 3 is 2.18 bits per heavy atom. The van der Waals surface area contributed by atoms with Gasteiger partial charge in [-0.05, 0) is 54.5 Å². The van der Waals surface area contributed by atoms with Crippen LogP contribution < -0.4 is 10.6 Å². The summed E-state index contributed by atoms with van der Waals surface area (Å²) in [4.78, 5) is 25.5. The molecule has 3 aromatic carbocycles. The molecule has 3 rings (SSSR count). The first-order valence-corrected chi connectivity index (χ1v) is 9.53. The van der Waals surface area contributed by atoms with Crippen molar-refractivity contribution >= 4 is 39.5 Å². The van der Waals surface area contributed by atoms with Crippen LogP contribution in [0.1, 0.15) is 21.5 Å². The molecule has 0 bridgehead atoms. The predicted molar refractivity (Wildman–Crippen MR) is 116 cm³/mol. The highest BCUT2D eigenvalue weighted by Crippen LogP contribution is 2.16. The van der Waals surface area contributed by atoms with Gasteiger partial charge in [-0.2, -0.15) is 0 Å². The Morgan fingerprint density at radius 1 is 0.857 bits per heavy atom. The Bertz CT molecular complexity index is 1010. The fourth-order valence-electron chi connectivity index (χ4n) is 2.57. The highest BCUT2D eigenvalue weighted by molar-refractivity contribution is 9.10. The molecule has 0 radical (unpaired) electrons. The molecule has 0 heterocycles. The van der Waals surface area contributed by atoms with E-state index in [2.05, 4.69) is 26.6 Å². The van der Waals surface area contributed by atoms with Crippen LogP contribution in [0.15, 0.2) is 89.0 Å². The van der Waals surface area contributed by atoms with E-state index in [4.69, 9.17) is 0 Å². The lowest BCUT2D eigenvalue weighted by Crippen LogP contribution is -2.30. The molecule has 0 fully saturated rings. The van der Waals surface area contributed by atoms with Crippen molar-refractivity contribution < 1.29 is 9.59 Å². The van der Waals surface area contributed by atoms with Gasteiger partial charge in [-0.15, -0.1) is 0 Å². The second kappa shape index (κ2) is 9.15. The molecule has 0 unspecified atom stereocenters. The molecule has 0 atom stereocenters. The summed E-state index contributed by atoms with van der Waals surface area (Å²) < 4.78 is 0.934. The molecular weight excluding hydrogens is 416 g/mol. The number of para-hydroxylation sites is 1. The third-order valence-electron chi connectivity index (χ3n) is 4.10. The van der Waals surface area contributed by atoms with Gasteiger partial charge in [0.05, 0.1) is 0 Å². The van der Waals surface area contributed by atoms with Gasteiger partial charge < -0.3 is 10.6 Å². The van der Waals surface area contributed by atoms with E-state index in [1.807, 2.05) is 61.5 Å².